The predicted octanol–water partition coefficient (Wildman–Crippen LogP) is 13.8. The van der Waals surface area contributed by atoms with Crippen molar-refractivity contribution in [2.45, 2.75) is 180 Å². The number of H-pyrrole nitrogens is 2. The summed E-state index contributed by atoms with van der Waals surface area (Å²) in [6.45, 7) is 4.73. The molecule has 0 amide bonds. The Labute approximate surface area is 499 Å². The number of pyridine rings is 4. The minimum atomic E-state index is 0.269. The molecule has 12 nitrogen and oxygen atoms in total. The molecule has 442 valence electrons. The van der Waals surface area contributed by atoms with Gasteiger partial charge in [-0.05, 0) is 124 Å². The van der Waals surface area contributed by atoms with E-state index in [1.807, 2.05) is 0 Å². The van der Waals surface area contributed by atoms with E-state index in [0.717, 1.165) is 244 Å². The maximum absolute atomic E-state index is 9.31. The topological polar surface area (TPSA) is 154 Å². The van der Waals surface area contributed by atoms with Gasteiger partial charge in [0.1, 0.15) is 26.2 Å². The van der Waals surface area contributed by atoms with Crippen molar-refractivity contribution in [1.82, 2.24) is 19.9 Å². The van der Waals surface area contributed by atoms with Gasteiger partial charge in [-0.1, -0.05) is 77.0 Å². The average Bonchev–Trinajstić information content (AvgIpc) is 4.29. The zero-order chi connectivity index (χ0) is 58.0. The van der Waals surface area contributed by atoms with E-state index in [4.69, 9.17) is 9.97 Å². The number of fused-ring (bicyclic) bond motifs is 8. The first kappa shape index (κ1) is 61.6. The summed E-state index contributed by atoms with van der Waals surface area (Å²) in [6, 6.07) is 26.4. The van der Waals surface area contributed by atoms with E-state index < -0.39 is 0 Å². The predicted molar refractivity (Wildman–Crippen MR) is 341 cm³/mol. The number of hydrogen-bond acceptors (Lipinski definition) is 6. The molecule has 6 N–H and O–H groups in total. The molecule has 0 spiro atoms. The highest BCUT2D eigenvalue weighted by Crippen LogP contribution is 2.38. The maximum atomic E-state index is 9.31. The standard InChI is InChI=1S/C72H94N8O4/c81-49-21-13-5-1-9-17-41-77-45-25-29-57(53-77)69-61-33-35-63(73-61)70(58-30-26-46-78(54-58)42-18-10-2-6-14-22-50-82)65-37-39-67(75-65)72(60-32-28-48-80(56-60)44-20-12-4-8-16-24-52-84)68-40-38-66(76-68)71(64-36-34-62(69)74-64)59-31-27-47-79(55-59)43-19-11-3-7-15-23-51-83/h25-40,45-48,53-56,73,76,81-84H,1-24,41-44,49-52H2/q+4. The summed E-state index contributed by atoms with van der Waals surface area (Å²) in [6.07, 6.45) is 52.7. The number of aryl methyl sites for hydroxylation is 4. The zero-order valence-electron chi connectivity index (χ0n) is 50.0. The number of hydrogen-bond donors (Lipinski definition) is 6. The van der Waals surface area contributed by atoms with E-state index in [1.54, 1.807) is 0 Å². The minimum absolute atomic E-state index is 0.269. The molecule has 0 saturated heterocycles. The summed E-state index contributed by atoms with van der Waals surface area (Å²) in [5, 5.41) is 37.2. The van der Waals surface area contributed by atoms with E-state index in [1.165, 1.54) is 25.7 Å². The molecule has 0 aromatic carbocycles. The molecule has 9 rings (SSSR count). The molecule has 7 aromatic rings. The van der Waals surface area contributed by atoms with Gasteiger partial charge >= 0.3 is 0 Å². The molecule has 2 aliphatic heterocycles. The molecule has 0 saturated carbocycles. The van der Waals surface area contributed by atoms with Gasteiger partial charge in [0.15, 0.2) is 49.6 Å². The summed E-state index contributed by atoms with van der Waals surface area (Å²) >= 11 is 0. The van der Waals surface area contributed by atoms with Crippen molar-refractivity contribution in [2.24, 2.45) is 0 Å². The van der Waals surface area contributed by atoms with Crippen LogP contribution in [0.5, 0.6) is 0 Å². The van der Waals surface area contributed by atoms with Gasteiger partial charge in [0.25, 0.3) is 0 Å². The summed E-state index contributed by atoms with van der Waals surface area (Å²) < 4.78 is 9.31. The van der Waals surface area contributed by atoms with Crippen molar-refractivity contribution < 1.29 is 38.7 Å². The lowest BCUT2D eigenvalue weighted by molar-refractivity contribution is -0.697. The van der Waals surface area contributed by atoms with E-state index in [0.29, 0.717) is 0 Å². The number of aliphatic hydroxyl groups excluding tert-OH is 4. The normalized spacial score (nSPS) is 12.0. The monoisotopic (exact) mass is 1130 g/mol. The van der Waals surface area contributed by atoms with Crippen LogP contribution in [0.15, 0.2) is 122 Å². The van der Waals surface area contributed by atoms with E-state index >= 15 is 0 Å². The van der Waals surface area contributed by atoms with Crippen LogP contribution in [0, 0.1) is 0 Å². The Morgan fingerprint density at radius 2 is 0.488 bits per heavy atom. The van der Waals surface area contributed by atoms with E-state index in [9.17, 15) is 20.4 Å². The molecular weight excluding hydrogens is 1040 g/mol. The summed E-state index contributed by atoms with van der Waals surface area (Å²) in [7, 11) is 0. The Hall–Kier alpha value is -6.96. The lowest BCUT2D eigenvalue weighted by Crippen LogP contribution is -2.32. The highest BCUT2D eigenvalue weighted by molar-refractivity contribution is 5.99. The molecule has 0 unspecified atom stereocenters. The fourth-order valence-corrected chi connectivity index (χ4v) is 12.1. The number of aromatic amines is 2. The fraction of sp³-hybridized carbons (Fsp3) is 0.444. The summed E-state index contributed by atoms with van der Waals surface area (Å²) in [4.78, 5) is 19.4. The van der Waals surface area contributed by atoms with Gasteiger partial charge in [0.2, 0.25) is 0 Å². The molecule has 9 heterocycles. The van der Waals surface area contributed by atoms with E-state index in [-0.39, 0.29) is 26.4 Å². The third kappa shape index (κ3) is 17.6. The Bertz CT molecular complexity index is 2980. The van der Waals surface area contributed by atoms with Crippen LogP contribution in [0.4, 0.5) is 0 Å². The second kappa shape index (κ2) is 33.5. The molecule has 84 heavy (non-hydrogen) atoms. The molecule has 8 bridgehead atoms. The van der Waals surface area contributed by atoms with Crippen molar-refractivity contribution in [3.63, 3.8) is 0 Å². The van der Waals surface area contributed by atoms with Crippen molar-refractivity contribution in [1.29, 1.82) is 0 Å². The van der Waals surface area contributed by atoms with Crippen molar-refractivity contribution in [2.75, 3.05) is 26.4 Å². The minimum Gasteiger partial charge on any atom is -0.396 e. The molecule has 12 heteroatoms. The van der Waals surface area contributed by atoms with Crippen LogP contribution in [-0.4, -0.2) is 66.8 Å². The number of nitrogens with one attached hydrogen (secondary N) is 2. The van der Waals surface area contributed by atoms with Crippen LogP contribution in [0.2, 0.25) is 0 Å². The Morgan fingerprint density at radius 1 is 0.274 bits per heavy atom. The van der Waals surface area contributed by atoms with Gasteiger partial charge in [-0.25, -0.2) is 28.2 Å². The number of unbranched alkanes of at least 4 members (excludes halogenated alkanes) is 20. The van der Waals surface area contributed by atoms with Crippen molar-refractivity contribution in [3.8, 4) is 44.5 Å². The van der Waals surface area contributed by atoms with Gasteiger partial charge in [-0.2, -0.15) is 0 Å². The molecule has 7 aromatic heterocycles. The number of nitrogens with zero attached hydrogens (tertiary/aromatic N) is 6. The highest BCUT2D eigenvalue weighted by Gasteiger charge is 2.23. The third-order valence-electron chi connectivity index (χ3n) is 16.6. The maximum Gasteiger partial charge on any atom is 0.176 e. The second-order valence-electron chi connectivity index (χ2n) is 23.2. The highest BCUT2D eigenvalue weighted by atomic mass is 16.3. The van der Waals surface area contributed by atoms with Gasteiger partial charge < -0.3 is 30.4 Å². The summed E-state index contributed by atoms with van der Waals surface area (Å²) in [5.74, 6) is 0. The average molecular weight is 1140 g/mol. The van der Waals surface area contributed by atoms with Crippen LogP contribution in [-0.2, 0) is 26.2 Å². The van der Waals surface area contributed by atoms with Crippen LogP contribution in [0.25, 0.3) is 90.9 Å². The quantitative estimate of drug-likeness (QED) is 0.0170. The number of aromatic nitrogens is 8. The molecule has 2 aliphatic rings. The largest absolute Gasteiger partial charge is 0.396 e. The molecule has 0 aliphatic carbocycles. The van der Waals surface area contributed by atoms with Crippen molar-refractivity contribution >= 4 is 46.4 Å². The number of aliphatic hydroxyl groups is 4. The van der Waals surface area contributed by atoms with Crippen LogP contribution in [0.3, 0.4) is 0 Å². The first-order valence-electron chi connectivity index (χ1n) is 32.1. The lowest BCUT2D eigenvalue weighted by atomic mass is 10.1. The third-order valence-corrected chi connectivity index (χ3v) is 16.6. The van der Waals surface area contributed by atoms with Gasteiger partial charge in [0, 0.05) is 143 Å². The molecule has 0 atom stereocenters. The van der Waals surface area contributed by atoms with Gasteiger partial charge in [-0.15, -0.1) is 0 Å². The van der Waals surface area contributed by atoms with Gasteiger partial charge in [-0.3, -0.25) is 0 Å². The molecular formula is C72H94N8O4+4. The van der Waals surface area contributed by atoms with E-state index in [2.05, 4.69) is 175 Å². The second-order valence-corrected chi connectivity index (χ2v) is 23.2. The smallest absolute Gasteiger partial charge is 0.176 e. The van der Waals surface area contributed by atoms with Crippen LogP contribution >= 0.6 is 0 Å². The van der Waals surface area contributed by atoms with Crippen LogP contribution in [0.1, 0.15) is 177 Å². The van der Waals surface area contributed by atoms with Crippen molar-refractivity contribution in [3.05, 3.63) is 145 Å². The first-order chi connectivity index (χ1) is 41.5. The molecule has 0 fully saturated rings. The van der Waals surface area contributed by atoms with Crippen LogP contribution < -0.4 is 18.3 Å². The Morgan fingerprint density at radius 3 is 0.714 bits per heavy atom. The first-order valence-corrected chi connectivity index (χ1v) is 32.1. The Kier molecular flexibility index (Phi) is 24.6. The Balaban J connectivity index is 1.22. The fourth-order valence-electron chi connectivity index (χ4n) is 12.1. The SMILES string of the molecule is OCCCCCCCC[n+]1cccc(-c2c3nc(c(-c4ccc[n+](CCCCCCCCO)c4)c4ccc([nH]4)c(-c4ccc[n+](CCCCCCCCO)c4)c4nc(c(-c5ccc[n+](CCCCCCCCO)c5)c5ccc2[nH]5)C=C4)C=C3)c1. The van der Waals surface area contributed by atoms with Gasteiger partial charge in [0.05, 0.1) is 22.8 Å². The summed E-state index contributed by atoms with van der Waals surface area (Å²) in [5.41, 5.74) is 15.9. The molecule has 0 radical (unpaired) electrons. The number of rotatable bonds is 36. The zero-order valence-corrected chi connectivity index (χ0v) is 50.0. The lowest BCUT2D eigenvalue weighted by Gasteiger charge is -2.07.